The molecule has 0 aliphatic carbocycles. The third-order valence-electron chi connectivity index (χ3n) is 3.77. The predicted octanol–water partition coefficient (Wildman–Crippen LogP) is 2.84. The van der Waals surface area contributed by atoms with Crippen molar-refractivity contribution in [2.75, 3.05) is 26.2 Å². The maximum atomic E-state index is 12.7. The summed E-state index contributed by atoms with van der Waals surface area (Å²) in [6.07, 6.45) is 1.43. The van der Waals surface area contributed by atoms with Gasteiger partial charge in [0.25, 0.3) is 5.91 Å². The number of nitrogens with zero attached hydrogens (tertiary/aromatic N) is 2. The first kappa shape index (κ1) is 17.5. The van der Waals surface area contributed by atoms with Crippen LogP contribution in [0.15, 0.2) is 50.4 Å². The molecule has 9 heteroatoms. The zero-order valence-electron chi connectivity index (χ0n) is 12.5. The molecule has 0 N–H and O–H groups in total. The Morgan fingerprint density at radius 2 is 1.88 bits per heavy atom. The van der Waals surface area contributed by atoms with E-state index < -0.39 is 10.0 Å². The molecule has 2 aromatic rings. The van der Waals surface area contributed by atoms with E-state index in [0.29, 0.717) is 17.6 Å². The molecular formula is C15H14BrClN2O4S. The topological polar surface area (TPSA) is 70.8 Å². The molecule has 24 heavy (non-hydrogen) atoms. The van der Waals surface area contributed by atoms with Crippen molar-refractivity contribution >= 4 is 43.5 Å². The molecule has 1 aliphatic rings. The van der Waals surface area contributed by atoms with Crippen LogP contribution in [0.25, 0.3) is 0 Å². The van der Waals surface area contributed by atoms with E-state index in [1.807, 2.05) is 0 Å². The maximum Gasteiger partial charge on any atom is 0.289 e. The monoisotopic (exact) mass is 432 g/mol. The summed E-state index contributed by atoms with van der Waals surface area (Å²) < 4.78 is 32.6. The number of furan rings is 1. The molecule has 0 unspecified atom stereocenters. The van der Waals surface area contributed by atoms with Crippen LogP contribution in [-0.4, -0.2) is 49.7 Å². The summed E-state index contributed by atoms with van der Waals surface area (Å²) in [7, 11) is -3.69. The molecule has 128 valence electrons. The first-order valence-electron chi connectivity index (χ1n) is 7.17. The minimum Gasteiger partial charge on any atom is -0.459 e. The summed E-state index contributed by atoms with van der Waals surface area (Å²) in [5, 5.41) is 0.165. The van der Waals surface area contributed by atoms with Crippen molar-refractivity contribution in [3.63, 3.8) is 0 Å². The Labute approximate surface area is 153 Å². The summed E-state index contributed by atoms with van der Waals surface area (Å²) in [6.45, 7) is 1.02. The first-order chi connectivity index (χ1) is 11.4. The molecular weight excluding hydrogens is 420 g/mol. The smallest absolute Gasteiger partial charge is 0.289 e. The zero-order chi connectivity index (χ0) is 17.3. The van der Waals surface area contributed by atoms with Crippen LogP contribution in [-0.2, 0) is 10.0 Å². The third kappa shape index (κ3) is 3.37. The second-order valence-electron chi connectivity index (χ2n) is 5.25. The first-order valence-corrected chi connectivity index (χ1v) is 9.78. The third-order valence-corrected chi connectivity index (χ3v) is 6.64. The fraction of sp³-hybridized carbons (Fsp3) is 0.267. The van der Waals surface area contributed by atoms with Crippen LogP contribution in [0, 0.1) is 0 Å². The Balaban J connectivity index is 1.73. The van der Waals surface area contributed by atoms with Crippen LogP contribution in [0.5, 0.6) is 0 Å². The lowest BCUT2D eigenvalue weighted by molar-refractivity contribution is 0.0666. The normalized spacial score (nSPS) is 16.3. The number of carbonyl (C=O) groups is 1. The van der Waals surface area contributed by atoms with E-state index in [0.717, 1.165) is 0 Å². The van der Waals surface area contributed by atoms with E-state index in [1.165, 1.54) is 16.6 Å². The van der Waals surface area contributed by atoms with Crippen molar-refractivity contribution in [1.82, 2.24) is 9.21 Å². The van der Waals surface area contributed by atoms with Gasteiger partial charge in [0.05, 0.1) is 11.3 Å². The number of rotatable bonds is 3. The number of halogens is 2. The lowest BCUT2D eigenvalue weighted by atomic mass is 10.3. The van der Waals surface area contributed by atoms with Crippen LogP contribution in [0.4, 0.5) is 0 Å². The number of benzene rings is 1. The Morgan fingerprint density at radius 1 is 1.17 bits per heavy atom. The Kier molecular flexibility index (Phi) is 5.00. The van der Waals surface area contributed by atoms with Gasteiger partial charge in [0.1, 0.15) is 4.90 Å². The van der Waals surface area contributed by atoms with Gasteiger partial charge in [0.15, 0.2) is 5.76 Å². The molecule has 2 heterocycles. The largest absolute Gasteiger partial charge is 0.459 e. The molecule has 6 nitrogen and oxygen atoms in total. The van der Waals surface area contributed by atoms with Crippen LogP contribution >= 0.6 is 27.5 Å². The van der Waals surface area contributed by atoms with Gasteiger partial charge in [-0.1, -0.05) is 27.5 Å². The van der Waals surface area contributed by atoms with Crippen molar-refractivity contribution in [2.45, 2.75) is 4.90 Å². The number of amides is 1. The van der Waals surface area contributed by atoms with Gasteiger partial charge in [-0.25, -0.2) is 8.42 Å². The zero-order valence-corrected chi connectivity index (χ0v) is 15.6. The van der Waals surface area contributed by atoms with Crippen LogP contribution in [0.1, 0.15) is 10.6 Å². The van der Waals surface area contributed by atoms with E-state index in [1.54, 1.807) is 29.2 Å². The van der Waals surface area contributed by atoms with Crippen molar-refractivity contribution in [1.29, 1.82) is 0 Å². The summed E-state index contributed by atoms with van der Waals surface area (Å²) in [4.78, 5) is 13.9. The van der Waals surface area contributed by atoms with Gasteiger partial charge in [-0.05, 0) is 30.3 Å². The highest BCUT2D eigenvalue weighted by atomic mass is 79.9. The van der Waals surface area contributed by atoms with Gasteiger partial charge in [-0.15, -0.1) is 0 Å². The fourth-order valence-corrected chi connectivity index (χ4v) is 4.94. The lowest BCUT2D eigenvalue weighted by Crippen LogP contribution is -2.50. The van der Waals surface area contributed by atoms with Crippen LogP contribution in [0.3, 0.4) is 0 Å². The molecule has 0 radical (unpaired) electrons. The van der Waals surface area contributed by atoms with Gasteiger partial charge in [0, 0.05) is 30.7 Å². The number of hydrogen-bond donors (Lipinski definition) is 0. The number of carbonyl (C=O) groups excluding carboxylic acids is 1. The Bertz CT molecular complexity index is 846. The summed E-state index contributed by atoms with van der Waals surface area (Å²) in [6, 6.07) is 7.89. The standard InChI is InChI=1S/C15H14BrClN2O4S/c16-11-3-4-14(12(17)10-11)24(21,22)19-7-5-18(6-8-19)15(20)13-2-1-9-23-13/h1-4,9-10H,5-8H2. The SMILES string of the molecule is O=C(c1ccco1)N1CCN(S(=O)(=O)c2ccc(Br)cc2Cl)CC1. The maximum absolute atomic E-state index is 12.7. The van der Waals surface area contributed by atoms with Crippen molar-refractivity contribution in [2.24, 2.45) is 0 Å². The molecule has 3 rings (SSSR count). The highest BCUT2D eigenvalue weighted by Crippen LogP contribution is 2.28. The van der Waals surface area contributed by atoms with Crippen LogP contribution < -0.4 is 0 Å². The Morgan fingerprint density at radius 3 is 2.46 bits per heavy atom. The molecule has 1 aliphatic heterocycles. The minimum atomic E-state index is -3.69. The van der Waals surface area contributed by atoms with Crippen molar-refractivity contribution in [3.05, 3.63) is 51.9 Å². The lowest BCUT2D eigenvalue weighted by Gasteiger charge is -2.33. The average Bonchev–Trinajstić information content (AvgIpc) is 3.08. The average molecular weight is 434 g/mol. The van der Waals surface area contributed by atoms with Gasteiger partial charge in [0.2, 0.25) is 10.0 Å². The number of hydrogen-bond acceptors (Lipinski definition) is 4. The molecule has 1 aromatic carbocycles. The van der Waals surface area contributed by atoms with Gasteiger partial charge in [-0.2, -0.15) is 4.31 Å². The van der Waals surface area contributed by atoms with Gasteiger partial charge in [-0.3, -0.25) is 4.79 Å². The molecule has 0 spiro atoms. The predicted molar refractivity (Wildman–Crippen MR) is 92.5 cm³/mol. The summed E-state index contributed by atoms with van der Waals surface area (Å²) in [5.74, 6) is 0.0148. The summed E-state index contributed by atoms with van der Waals surface area (Å²) >= 11 is 9.32. The van der Waals surface area contributed by atoms with Crippen molar-refractivity contribution < 1.29 is 17.6 Å². The minimum absolute atomic E-state index is 0.0678. The fourth-order valence-electron chi connectivity index (χ4n) is 2.51. The summed E-state index contributed by atoms with van der Waals surface area (Å²) in [5.41, 5.74) is 0. The highest BCUT2D eigenvalue weighted by molar-refractivity contribution is 9.10. The van der Waals surface area contributed by atoms with E-state index >= 15 is 0 Å². The quantitative estimate of drug-likeness (QED) is 0.746. The Hall–Kier alpha value is -1.35. The highest BCUT2D eigenvalue weighted by Gasteiger charge is 2.32. The second kappa shape index (κ2) is 6.87. The van der Waals surface area contributed by atoms with E-state index in [4.69, 9.17) is 16.0 Å². The van der Waals surface area contributed by atoms with Gasteiger partial charge < -0.3 is 9.32 Å². The molecule has 0 saturated carbocycles. The molecule has 0 atom stereocenters. The molecule has 1 aromatic heterocycles. The van der Waals surface area contributed by atoms with E-state index in [-0.39, 0.29) is 34.7 Å². The van der Waals surface area contributed by atoms with Crippen molar-refractivity contribution in [3.8, 4) is 0 Å². The van der Waals surface area contributed by atoms with Gasteiger partial charge >= 0.3 is 0 Å². The van der Waals surface area contributed by atoms with E-state index in [9.17, 15) is 13.2 Å². The molecule has 1 saturated heterocycles. The second-order valence-corrected chi connectivity index (χ2v) is 8.48. The number of sulfonamides is 1. The van der Waals surface area contributed by atoms with Crippen LogP contribution in [0.2, 0.25) is 5.02 Å². The molecule has 1 amide bonds. The molecule has 1 fully saturated rings. The van der Waals surface area contributed by atoms with E-state index in [2.05, 4.69) is 15.9 Å². The molecule has 0 bridgehead atoms. The number of piperazine rings is 1.